The van der Waals surface area contributed by atoms with Gasteiger partial charge in [-0.15, -0.1) is 24.0 Å². The topological polar surface area (TPSA) is 47.9 Å². The summed E-state index contributed by atoms with van der Waals surface area (Å²) in [5.41, 5.74) is 0.652. The van der Waals surface area contributed by atoms with Crippen molar-refractivity contribution < 1.29 is 9.18 Å². The average molecular weight is 464 g/mol. The number of likely N-dealkylation sites (N-methyl/N-ethyl adjacent to an activating group) is 2. The van der Waals surface area contributed by atoms with E-state index in [0.717, 1.165) is 0 Å². The zero-order chi connectivity index (χ0) is 17.9. The molecule has 0 unspecified atom stereocenters. The second kappa shape index (κ2) is 12.9. The molecule has 0 saturated heterocycles. The number of hydrogen-bond acceptors (Lipinski definition) is 2. The first-order valence-corrected chi connectivity index (χ1v) is 8.54. The van der Waals surface area contributed by atoms with Crippen molar-refractivity contribution in [1.82, 2.24) is 15.1 Å². The van der Waals surface area contributed by atoms with Gasteiger partial charge < -0.3 is 15.1 Å². The van der Waals surface area contributed by atoms with E-state index < -0.39 is 0 Å². The summed E-state index contributed by atoms with van der Waals surface area (Å²) in [5.74, 6) is 0.527. The van der Waals surface area contributed by atoms with Crippen molar-refractivity contribution >= 4 is 35.8 Å². The molecule has 25 heavy (non-hydrogen) atoms. The van der Waals surface area contributed by atoms with Gasteiger partial charge in [-0.3, -0.25) is 9.79 Å². The van der Waals surface area contributed by atoms with Crippen LogP contribution in [-0.4, -0.2) is 61.4 Å². The van der Waals surface area contributed by atoms with Crippen LogP contribution < -0.4 is 5.32 Å². The van der Waals surface area contributed by atoms with Gasteiger partial charge in [0.05, 0.1) is 6.54 Å². The fourth-order valence-electron chi connectivity index (χ4n) is 2.41. The Morgan fingerprint density at radius 3 is 2.40 bits per heavy atom. The third kappa shape index (κ3) is 8.02. The van der Waals surface area contributed by atoms with Crippen LogP contribution in [0.15, 0.2) is 29.3 Å². The maximum Gasteiger partial charge on any atom is 0.242 e. The van der Waals surface area contributed by atoms with E-state index in [9.17, 15) is 9.18 Å². The van der Waals surface area contributed by atoms with Crippen LogP contribution in [0.3, 0.4) is 0 Å². The van der Waals surface area contributed by atoms with E-state index in [4.69, 9.17) is 0 Å². The highest BCUT2D eigenvalue weighted by Gasteiger charge is 2.14. The molecule has 0 bridgehead atoms. The summed E-state index contributed by atoms with van der Waals surface area (Å²) in [6, 6.07) is 6.73. The van der Waals surface area contributed by atoms with Crippen LogP contribution in [0, 0.1) is 5.82 Å². The quantitative estimate of drug-likeness (QED) is 0.366. The lowest BCUT2D eigenvalue weighted by Gasteiger charge is -2.25. The van der Waals surface area contributed by atoms with Crippen molar-refractivity contribution in [2.75, 3.05) is 39.8 Å². The predicted octanol–water partition coefficient (Wildman–Crippen LogP) is 2.75. The van der Waals surface area contributed by atoms with E-state index in [2.05, 4.69) is 10.3 Å². The van der Waals surface area contributed by atoms with Crippen molar-refractivity contribution in [3.05, 3.63) is 35.6 Å². The fraction of sp³-hybridized carbons (Fsp3) is 0.556. The lowest BCUT2D eigenvalue weighted by molar-refractivity contribution is -0.131. The molecule has 1 aromatic carbocycles. The molecule has 7 heteroatoms. The molecule has 0 radical (unpaired) electrons. The molecule has 0 fully saturated rings. The van der Waals surface area contributed by atoms with E-state index in [1.807, 2.05) is 38.8 Å². The molecule has 1 amide bonds. The van der Waals surface area contributed by atoms with Crippen molar-refractivity contribution in [2.24, 2.45) is 4.99 Å². The van der Waals surface area contributed by atoms with Gasteiger partial charge in [-0.2, -0.15) is 0 Å². The van der Waals surface area contributed by atoms with Crippen LogP contribution >= 0.6 is 24.0 Å². The molecule has 0 aliphatic rings. The van der Waals surface area contributed by atoms with Gasteiger partial charge in [0.15, 0.2) is 5.96 Å². The van der Waals surface area contributed by atoms with Gasteiger partial charge in [0, 0.05) is 33.2 Å². The van der Waals surface area contributed by atoms with Crippen LogP contribution in [0.25, 0.3) is 0 Å². The Balaban J connectivity index is 0.00000576. The number of aliphatic imine (C=N–C) groups is 1. The molecular formula is C18H30FIN4O. The van der Waals surface area contributed by atoms with Crippen LogP contribution in [-0.2, 0) is 11.2 Å². The third-order valence-corrected chi connectivity index (χ3v) is 3.79. The van der Waals surface area contributed by atoms with Crippen molar-refractivity contribution in [1.29, 1.82) is 0 Å². The summed E-state index contributed by atoms with van der Waals surface area (Å²) in [4.78, 5) is 20.3. The van der Waals surface area contributed by atoms with E-state index in [0.29, 0.717) is 44.1 Å². The Hall–Kier alpha value is -1.38. The fourth-order valence-corrected chi connectivity index (χ4v) is 2.41. The first kappa shape index (κ1) is 23.6. The smallest absolute Gasteiger partial charge is 0.242 e. The molecule has 0 saturated carbocycles. The molecule has 0 aliphatic carbocycles. The number of nitrogens with zero attached hydrogens (tertiary/aromatic N) is 3. The number of hydrogen-bond donors (Lipinski definition) is 1. The summed E-state index contributed by atoms with van der Waals surface area (Å²) in [6.07, 6.45) is 0.527. The Kier molecular flexibility index (Phi) is 12.2. The molecule has 1 rings (SSSR count). The highest BCUT2D eigenvalue weighted by atomic mass is 127. The lowest BCUT2D eigenvalue weighted by Crippen LogP contribution is -2.45. The molecular weight excluding hydrogens is 434 g/mol. The van der Waals surface area contributed by atoms with Gasteiger partial charge in [-0.1, -0.05) is 18.2 Å². The number of carbonyl (C=O) groups excluding carboxylic acids is 1. The van der Waals surface area contributed by atoms with E-state index in [1.165, 1.54) is 6.07 Å². The molecule has 0 aromatic heterocycles. The summed E-state index contributed by atoms with van der Waals surface area (Å²) < 4.78 is 13.6. The zero-order valence-electron chi connectivity index (χ0n) is 15.6. The van der Waals surface area contributed by atoms with Crippen molar-refractivity contribution in [3.8, 4) is 0 Å². The van der Waals surface area contributed by atoms with Gasteiger partial charge in [0.25, 0.3) is 0 Å². The van der Waals surface area contributed by atoms with Crippen molar-refractivity contribution in [2.45, 2.75) is 27.2 Å². The highest BCUT2D eigenvalue weighted by molar-refractivity contribution is 14.0. The Labute approximate surface area is 167 Å². The second-order valence-electron chi connectivity index (χ2n) is 5.50. The molecule has 142 valence electrons. The van der Waals surface area contributed by atoms with Crippen molar-refractivity contribution in [3.63, 3.8) is 0 Å². The molecule has 0 aliphatic heterocycles. The number of nitrogens with one attached hydrogen (secondary N) is 1. The number of carbonyl (C=O) groups is 1. The summed E-state index contributed by atoms with van der Waals surface area (Å²) in [7, 11) is 1.84. The van der Waals surface area contributed by atoms with Gasteiger partial charge in [-0.25, -0.2) is 4.39 Å². The van der Waals surface area contributed by atoms with E-state index >= 15 is 0 Å². The monoisotopic (exact) mass is 464 g/mol. The third-order valence-electron chi connectivity index (χ3n) is 3.79. The Bertz CT molecular complexity index is 550. The highest BCUT2D eigenvalue weighted by Crippen LogP contribution is 2.07. The van der Waals surface area contributed by atoms with Crippen LogP contribution in [0.2, 0.25) is 0 Å². The maximum atomic E-state index is 13.6. The number of halogens is 2. The second-order valence-corrected chi connectivity index (χ2v) is 5.50. The molecule has 5 nitrogen and oxygen atoms in total. The maximum absolute atomic E-state index is 13.6. The number of rotatable bonds is 8. The minimum atomic E-state index is -0.206. The molecule has 0 spiro atoms. The number of guanidine groups is 1. The zero-order valence-corrected chi connectivity index (χ0v) is 17.9. The molecule has 1 aromatic rings. The Morgan fingerprint density at radius 1 is 1.20 bits per heavy atom. The van der Waals surface area contributed by atoms with Gasteiger partial charge in [-0.05, 0) is 38.8 Å². The SMILES string of the molecule is CCNC(=NCCc1ccccc1F)N(C)CC(=O)N(CC)CC.I. The number of amides is 1. The van der Waals surface area contributed by atoms with Crippen LogP contribution in [0.1, 0.15) is 26.3 Å². The molecule has 1 N–H and O–H groups in total. The number of benzene rings is 1. The average Bonchev–Trinajstić information content (AvgIpc) is 2.56. The molecule has 0 atom stereocenters. The standard InChI is InChI=1S/C18H29FN4O.HI/c1-5-20-18(22(4)14-17(24)23(6-2)7-3)21-13-12-15-10-8-9-11-16(15)19;/h8-11H,5-7,12-14H2,1-4H3,(H,20,21);1H. The minimum absolute atomic E-state index is 0. The predicted molar refractivity (Wildman–Crippen MR) is 112 cm³/mol. The molecule has 0 heterocycles. The van der Waals surface area contributed by atoms with Gasteiger partial charge in [0.2, 0.25) is 5.91 Å². The summed E-state index contributed by atoms with van der Waals surface area (Å²) >= 11 is 0. The van der Waals surface area contributed by atoms with Crippen LogP contribution in [0.5, 0.6) is 0 Å². The largest absolute Gasteiger partial charge is 0.357 e. The normalized spacial score (nSPS) is 10.8. The van der Waals surface area contributed by atoms with E-state index in [1.54, 1.807) is 17.0 Å². The lowest BCUT2D eigenvalue weighted by atomic mass is 10.1. The van der Waals surface area contributed by atoms with Gasteiger partial charge >= 0.3 is 0 Å². The summed E-state index contributed by atoms with van der Waals surface area (Å²) in [5, 5.41) is 3.18. The summed E-state index contributed by atoms with van der Waals surface area (Å²) in [6.45, 7) is 8.76. The van der Waals surface area contributed by atoms with Gasteiger partial charge in [0.1, 0.15) is 5.82 Å². The Morgan fingerprint density at radius 2 is 1.84 bits per heavy atom. The van der Waals surface area contributed by atoms with E-state index in [-0.39, 0.29) is 42.2 Å². The van der Waals surface area contributed by atoms with Crippen LogP contribution in [0.4, 0.5) is 4.39 Å². The first-order chi connectivity index (χ1) is 11.5. The first-order valence-electron chi connectivity index (χ1n) is 8.54. The minimum Gasteiger partial charge on any atom is -0.357 e.